The molecule has 1 aliphatic heterocycles. The van der Waals surface area contributed by atoms with Crippen LogP contribution in [0, 0.1) is 0 Å². The van der Waals surface area contributed by atoms with E-state index in [2.05, 4.69) is 89.8 Å². The second-order valence-corrected chi connectivity index (χ2v) is 8.32. The first-order chi connectivity index (χ1) is 15.3. The van der Waals surface area contributed by atoms with Crippen molar-refractivity contribution in [3.05, 3.63) is 102 Å². The van der Waals surface area contributed by atoms with Crippen LogP contribution in [0.15, 0.2) is 84.9 Å². The summed E-state index contributed by atoms with van der Waals surface area (Å²) in [6, 6.07) is 30.1. The lowest BCUT2D eigenvalue weighted by Gasteiger charge is -2.27. The van der Waals surface area contributed by atoms with Gasteiger partial charge in [0.15, 0.2) is 0 Å². The fourth-order valence-corrected chi connectivity index (χ4v) is 4.50. The number of ether oxygens (including phenoxy) is 2. The normalized spacial score (nSPS) is 16.6. The predicted octanol–water partition coefficient (Wildman–Crippen LogP) is 5.90. The van der Waals surface area contributed by atoms with Crippen molar-refractivity contribution in [2.24, 2.45) is 0 Å². The molecule has 3 heteroatoms. The fourth-order valence-electron chi connectivity index (χ4n) is 4.50. The van der Waals surface area contributed by atoms with Crippen LogP contribution in [0.4, 0.5) is 0 Å². The molecular formula is C28H33NO2. The molecule has 0 saturated carbocycles. The van der Waals surface area contributed by atoms with Gasteiger partial charge in [-0.05, 0) is 67.6 Å². The molecule has 0 radical (unpaired) electrons. The van der Waals surface area contributed by atoms with E-state index in [-0.39, 0.29) is 6.10 Å². The Morgan fingerprint density at radius 2 is 1.52 bits per heavy atom. The minimum Gasteiger partial charge on any atom is -0.497 e. The van der Waals surface area contributed by atoms with Crippen LogP contribution in [0.1, 0.15) is 42.1 Å². The van der Waals surface area contributed by atoms with Crippen molar-refractivity contribution in [3.63, 3.8) is 0 Å². The molecule has 3 nitrogen and oxygen atoms in total. The molecule has 31 heavy (non-hydrogen) atoms. The SMILES string of the molecule is COc1ccc(CCCN2CCCC2COC(c2ccccc2)c2ccccc2)cc1. The Labute approximate surface area is 186 Å². The Balaban J connectivity index is 1.32. The Morgan fingerprint density at radius 3 is 2.13 bits per heavy atom. The monoisotopic (exact) mass is 415 g/mol. The summed E-state index contributed by atoms with van der Waals surface area (Å²) >= 11 is 0. The molecule has 1 fully saturated rings. The van der Waals surface area contributed by atoms with Gasteiger partial charge >= 0.3 is 0 Å². The van der Waals surface area contributed by atoms with Crippen LogP contribution in [0.2, 0.25) is 0 Å². The smallest absolute Gasteiger partial charge is 0.118 e. The van der Waals surface area contributed by atoms with Crippen LogP contribution >= 0.6 is 0 Å². The van der Waals surface area contributed by atoms with Crippen LogP contribution < -0.4 is 4.74 Å². The van der Waals surface area contributed by atoms with Crippen LogP contribution in [0.5, 0.6) is 5.75 Å². The van der Waals surface area contributed by atoms with Crippen molar-refractivity contribution in [3.8, 4) is 5.75 Å². The molecule has 4 rings (SSSR count). The maximum Gasteiger partial charge on any atom is 0.118 e. The first-order valence-electron chi connectivity index (χ1n) is 11.4. The zero-order valence-corrected chi connectivity index (χ0v) is 18.5. The van der Waals surface area contributed by atoms with Gasteiger partial charge in [-0.15, -0.1) is 0 Å². The summed E-state index contributed by atoms with van der Waals surface area (Å²) in [5.41, 5.74) is 3.82. The van der Waals surface area contributed by atoms with Gasteiger partial charge in [0.25, 0.3) is 0 Å². The van der Waals surface area contributed by atoms with E-state index < -0.39 is 0 Å². The third-order valence-electron chi connectivity index (χ3n) is 6.23. The summed E-state index contributed by atoms with van der Waals surface area (Å²) in [7, 11) is 1.71. The minimum absolute atomic E-state index is 0.0100. The summed E-state index contributed by atoms with van der Waals surface area (Å²) < 4.78 is 11.8. The maximum atomic E-state index is 6.56. The van der Waals surface area contributed by atoms with Gasteiger partial charge in [0.05, 0.1) is 13.7 Å². The van der Waals surface area contributed by atoms with E-state index in [0.29, 0.717) is 6.04 Å². The highest BCUT2D eigenvalue weighted by Gasteiger charge is 2.26. The summed E-state index contributed by atoms with van der Waals surface area (Å²) in [6.45, 7) is 3.08. The number of likely N-dealkylation sites (tertiary alicyclic amines) is 1. The standard InChI is InChI=1S/C28H33NO2/c1-30-27-18-16-23(17-19-27)10-8-20-29-21-9-15-26(29)22-31-28(24-11-4-2-5-12-24)25-13-6-3-7-14-25/h2-7,11-14,16-19,26,28H,8-10,15,20-22H2,1H3. The molecule has 3 aromatic rings. The molecular weight excluding hydrogens is 382 g/mol. The first-order valence-corrected chi connectivity index (χ1v) is 11.4. The summed E-state index contributed by atoms with van der Waals surface area (Å²) in [5, 5.41) is 0. The topological polar surface area (TPSA) is 21.7 Å². The summed E-state index contributed by atoms with van der Waals surface area (Å²) in [5.74, 6) is 0.923. The van der Waals surface area contributed by atoms with Crippen LogP contribution in [0.25, 0.3) is 0 Å². The van der Waals surface area contributed by atoms with Gasteiger partial charge in [0.2, 0.25) is 0 Å². The molecule has 1 unspecified atom stereocenters. The van der Waals surface area contributed by atoms with Gasteiger partial charge in [-0.25, -0.2) is 0 Å². The molecule has 1 heterocycles. The third kappa shape index (κ3) is 5.96. The van der Waals surface area contributed by atoms with Crippen molar-refractivity contribution in [1.29, 1.82) is 0 Å². The lowest BCUT2D eigenvalue weighted by Crippen LogP contribution is -2.34. The molecule has 0 bridgehead atoms. The summed E-state index contributed by atoms with van der Waals surface area (Å²) in [6.07, 6.45) is 4.75. The van der Waals surface area contributed by atoms with E-state index >= 15 is 0 Å². The lowest BCUT2D eigenvalue weighted by molar-refractivity contribution is 0.0376. The highest BCUT2D eigenvalue weighted by Crippen LogP contribution is 2.28. The van der Waals surface area contributed by atoms with E-state index in [1.54, 1.807) is 7.11 Å². The molecule has 0 aromatic heterocycles. The average Bonchev–Trinajstić information content (AvgIpc) is 3.28. The number of hydrogen-bond donors (Lipinski definition) is 0. The van der Waals surface area contributed by atoms with E-state index in [0.717, 1.165) is 25.3 Å². The zero-order valence-electron chi connectivity index (χ0n) is 18.5. The first kappa shape index (κ1) is 21.6. The number of benzene rings is 3. The fraction of sp³-hybridized carbons (Fsp3) is 0.357. The Hall–Kier alpha value is -2.62. The molecule has 1 saturated heterocycles. The molecule has 162 valence electrons. The Morgan fingerprint density at radius 1 is 0.871 bits per heavy atom. The molecule has 0 spiro atoms. The molecule has 0 amide bonds. The highest BCUT2D eigenvalue weighted by molar-refractivity contribution is 5.30. The van der Waals surface area contributed by atoms with E-state index in [4.69, 9.17) is 9.47 Å². The van der Waals surface area contributed by atoms with Gasteiger partial charge in [-0.2, -0.15) is 0 Å². The molecule has 0 N–H and O–H groups in total. The van der Waals surface area contributed by atoms with Gasteiger partial charge in [-0.3, -0.25) is 4.90 Å². The minimum atomic E-state index is -0.0100. The molecule has 3 aromatic carbocycles. The quantitative estimate of drug-likeness (QED) is 0.412. The van der Waals surface area contributed by atoms with Crippen molar-refractivity contribution < 1.29 is 9.47 Å². The van der Waals surface area contributed by atoms with Gasteiger partial charge in [-0.1, -0.05) is 72.8 Å². The van der Waals surface area contributed by atoms with Crippen molar-refractivity contribution in [2.45, 2.75) is 37.8 Å². The zero-order chi connectivity index (χ0) is 21.3. The van der Waals surface area contributed by atoms with Gasteiger partial charge in [0.1, 0.15) is 11.9 Å². The van der Waals surface area contributed by atoms with Crippen molar-refractivity contribution in [2.75, 3.05) is 26.8 Å². The number of hydrogen-bond acceptors (Lipinski definition) is 3. The van der Waals surface area contributed by atoms with E-state index in [1.165, 1.54) is 42.5 Å². The second kappa shape index (κ2) is 11.1. The largest absolute Gasteiger partial charge is 0.497 e. The van der Waals surface area contributed by atoms with Crippen molar-refractivity contribution >= 4 is 0 Å². The Kier molecular flexibility index (Phi) is 7.76. The van der Waals surface area contributed by atoms with E-state index in [9.17, 15) is 0 Å². The average molecular weight is 416 g/mol. The maximum absolute atomic E-state index is 6.56. The third-order valence-corrected chi connectivity index (χ3v) is 6.23. The summed E-state index contributed by atoms with van der Waals surface area (Å²) in [4.78, 5) is 2.62. The Bertz CT molecular complexity index is 856. The van der Waals surface area contributed by atoms with Crippen molar-refractivity contribution in [1.82, 2.24) is 4.90 Å². The van der Waals surface area contributed by atoms with Gasteiger partial charge in [0, 0.05) is 6.04 Å². The molecule has 1 atom stereocenters. The number of nitrogens with zero attached hydrogens (tertiary/aromatic N) is 1. The number of rotatable bonds is 10. The number of methoxy groups -OCH3 is 1. The van der Waals surface area contributed by atoms with Gasteiger partial charge < -0.3 is 9.47 Å². The number of aryl methyl sites for hydroxylation is 1. The molecule has 0 aliphatic carbocycles. The second-order valence-electron chi connectivity index (χ2n) is 8.32. The van der Waals surface area contributed by atoms with Crippen LogP contribution in [-0.2, 0) is 11.2 Å². The van der Waals surface area contributed by atoms with E-state index in [1.807, 2.05) is 0 Å². The molecule has 1 aliphatic rings. The van der Waals surface area contributed by atoms with Crippen LogP contribution in [-0.4, -0.2) is 37.7 Å². The lowest BCUT2D eigenvalue weighted by atomic mass is 10.0. The van der Waals surface area contributed by atoms with Crippen LogP contribution in [0.3, 0.4) is 0 Å². The predicted molar refractivity (Wildman–Crippen MR) is 127 cm³/mol. The highest BCUT2D eigenvalue weighted by atomic mass is 16.5.